The number of rotatable bonds is 3. The minimum atomic E-state index is -1.12. The fourth-order valence-corrected chi connectivity index (χ4v) is 1.44. The molecule has 0 heterocycles. The molecular formula is C11H11BrF2N2OS. The third-order valence-corrected chi connectivity index (χ3v) is 3.56. The van der Waals surface area contributed by atoms with Crippen LogP contribution in [0.25, 0.3) is 0 Å². The second-order valence-corrected chi connectivity index (χ2v) is 5.48. The minimum absolute atomic E-state index is 0.0124. The zero-order valence-electron chi connectivity index (χ0n) is 9.68. The zero-order chi connectivity index (χ0) is 14.1. The van der Waals surface area contributed by atoms with E-state index >= 15 is 0 Å². The lowest BCUT2D eigenvalue weighted by Gasteiger charge is -2.22. The average Bonchev–Trinajstić information content (AvgIpc) is 2.25. The van der Waals surface area contributed by atoms with E-state index in [2.05, 4.69) is 21.2 Å². The highest BCUT2D eigenvalue weighted by Crippen LogP contribution is 2.26. The summed E-state index contributed by atoms with van der Waals surface area (Å²) in [7, 11) is 0. The van der Waals surface area contributed by atoms with Gasteiger partial charge in [-0.1, -0.05) is 12.2 Å². The van der Waals surface area contributed by atoms with Gasteiger partial charge in [-0.15, -0.1) is 0 Å². The quantitative estimate of drug-likeness (QED) is 0.659. The molecule has 1 aromatic rings. The van der Waals surface area contributed by atoms with E-state index in [1.165, 1.54) is 13.8 Å². The van der Waals surface area contributed by atoms with E-state index < -0.39 is 23.0 Å². The van der Waals surface area contributed by atoms with Gasteiger partial charge in [0, 0.05) is 6.07 Å². The third kappa shape index (κ3) is 3.02. The molecule has 7 heteroatoms. The number of amides is 1. The normalized spacial score (nSPS) is 11.2. The van der Waals surface area contributed by atoms with Gasteiger partial charge in [0.25, 0.3) is 0 Å². The summed E-state index contributed by atoms with van der Waals surface area (Å²) in [6, 6.07) is 1.81. The summed E-state index contributed by atoms with van der Waals surface area (Å²) in [5.41, 5.74) is 4.16. The number of halogens is 3. The Balaban J connectivity index is 3.03. The van der Waals surface area contributed by atoms with Crippen LogP contribution in [-0.2, 0) is 4.79 Å². The van der Waals surface area contributed by atoms with Gasteiger partial charge in [-0.05, 0) is 35.8 Å². The molecule has 0 radical (unpaired) electrons. The topological polar surface area (TPSA) is 55.1 Å². The molecule has 1 amide bonds. The molecular weight excluding hydrogens is 326 g/mol. The van der Waals surface area contributed by atoms with Crippen molar-refractivity contribution in [1.82, 2.24) is 0 Å². The lowest BCUT2D eigenvalue weighted by Crippen LogP contribution is -2.41. The van der Waals surface area contributed by atoms with Gasteiger partial charge in [0.1, 0.15) is 11.6 Å². The third-order valence-electron chi connectivity index (χ3n) is 2.44. The van der Waals surface area contributed by atoms with Crippen LogP contribution in [0, 0.1) is 17.0 Å². The number of thiocarbonyl (C=S) groups is 1. The van der Waals surface area contributed by atoms with E-state index in [9.17, 15) is 13.6 Å². The van der Waals surface area contributed by atoms with Gasteiger partial charge in [0.05, 0.1) is 20.6 Å². The van der Waals surface area contributed by atoms with Crippen LogP contribution in [0.2, 0.25) is 0 Å². The van der Waals surface area contributed by atoms with Gasteiger partial charge in [-0.3, -0.25) is 4.79 Å². The Kier molecular flexibility index (Phi) is 4.39. The SMILES string of the molecule is CC(C)(C(=O)Nc1cc(Br)c(F)cc1F)C(N)=S. The smallest absolute Gasteiger partial charge is 0.236 e. The molecule has 3 N–H and O–H groups in total. The summed E-state index contributed by atoms with van der Waals surface area (Å²) in [6.45, 7) is 3.03. The van der Waals surface area contributed by atoms with Crippen LogP contribution in [0.5, 0.6) is 0 Å². The number of benzene rings is 1. The van der Waals surface area contributed by atoms with Gasteiger partial charge in [0.2, 0.25) is 5.91 Å². The molecule has 0 unspecified atom stereocenters. The van der Waals surface area contributed by atoms with E-state index in [0.29, 0.717) is 6.07 Å². The van der Waals surface area contributed by atoms with E-state index in [1.54, 1.807) is 0 Å². The van der Waals surface area contributed by atoms with Crippen molar-refractivity contribution < 1.29 is 13.6 Å². The largest absolute Gasteiger partial charge is 0.392 e. The Morgan fingerprint density at radius 3 is 2.44 bits per heavy atom. The Labute approximate surface area is 117 Å². The highest BCUT2D eigenvalue weighted by molar-refractivity contribution is 9.10. The fourth-order valence-electron chi connectivity index (χ4n) is 1.01. The summed E-state index contributed by atoms with van der Waals surface area (Å²) < 4.78 is 26.5. The maximum atomic E-state index is 13.4. The van der Waals surface area contributed by atoms with Crippen LogP contribution in [0.4, 0.5) is 14.5 Å². The maximum Gasteiger partial charge on any atom is 0.236 e. The van der Waals surface area contributed by atoms with Crippen molar-refractivity contribution in [2.24, 2.45) is 11.1 Å². The van der Waals surface area contributed by atoms with Crippen LogP contribution in [0.15, 0.2) is 16.6 Å². The summed E-state index contributed by atoms with van der Waals surface area (Å²) in [5, 5.41) is 2.32. The van der Waals surface area contributed by atoms with Gasteiger partial charge < -0.3 is 11.1 Å². The number of anilines is 1. The second kappa shape index (κ2) is 5.27. The summed E-state index contributed by atoms with van der Waals surface area (Å²) in [6.07, 6.45) is 0. The first-order chi connectivity index (χ1) is 8.16. The monoisotopic (exact) mass is 336 g/mol. The van der Waals surface area contributed by atoms with Crippen LogP contribution in [0.1, 0.15) is 13.8 Å². The lowest BCUT2D eigenvalue weighted by molar-refractivity contribution is -0.121. The van der Waals surface area contributed by atoms with Gasteiger partial charge in [-0.25, -0.2) is 8.78 Å². The molecule has 18 heavy (non-hydrogen) atoms. The molecule has 0 saturated heterocycles. The molecule has 1 rings (SSSR count). The first-order valence-electron chi connectivity index (χ1n) is 4.92. The predicted octanol–water partition coefficient (Wildman–Crippen LogP) is 2.98. The minimum Gasteiger partial charge on any atom is -0.392 e. The average molecular weight is 337 g/mol. The fraction of sp³-hybridized carbons (Fsp3) is 0.273. The van der Waals surface area contributed by atoms with E-state index in [4.69, 9.17) is 18.0 Å². The summed E-state index contributed by atoms with van der Waals surface area (Å²) in [4.78, 5) is 11.9. The van der Waals surface area contributed by atoms with Crippen LogP contribution < -0.4 is 11.1 Å². The van der Waals surface area contributed by atoms with E-state index in [0.717, 1.165) is 6.07 Å². The molecule has 0 aliphatic carbocycles. The molecule has 3 nitrogen and oxygen atoms in total. The molecule has 0 bridgehead atoms. The molecule has 0 aliphatic heterocycles. The Morgan fingerprint density at radius 1 is 1.39 bits per heavy atom. The second-order valence-electron chi connectivity index (χ2n) is 4.19. The highest BCUT2D eigenvalue weighted by Gasteiger charge is 2.31. The van der Waals surface area contributed by atoms with Gasteiger partial charge >= 0.3 is 0 Å². The number of carbonyl (C=O) groups is 1. The first kappa shape index (κ1) is 15.0. The van der Waals surface area contributed by atoms with Crippen molar-refractivity contribution in [1.29, 1.82) is 0 Å². The summed E-state index contributed by atoms with van der Waals surface area (Å²) in [5.74, 6) is -2.19. The zero-order valence-corrected chi connectivity index (χ0v) is 12.1. The van der Waals surface area contributed by atoms with Crippen molar-refractivity contribution in [3.63, 3.8) is 0 Å². The molecule has 0 aliphatic rings. The van der Waals surface area contributed by atoms with Crippen LogP contribution in [-0.4, -0.2) is 10.9 Å². The number of hydrogen-bond donors (Lipinski definition) is 2. The van der Waals surface area contributed by atoms with Gasteiger partial charge in [-0.2, -0.15) is 0 Å². The van der Waals surface area contributed by atoms with Crippen molar-refractivity contribution in [3.05, 3.63) is 28.2 Å². The molecule has 0 fully saturated rings. The Hall–Kier alpha value is -1.08. The number of nitrogens with two attached hydrogens (primary N) is 1. The number of nitrogens with one attached hydrogen (secondary N) is 1. The molecule has 0 spiro atoms. The lowest BCUT2D eigenvalue weighted by atomic mass is 9.92. The molecule has 0 saturated carbocycles. The van der Waals surface area contributed by atoms with Crippen molar-refractivity contribution in [3.8, 4) is 0 Å². The van der Waals surface area contributed by atoms with E-state index in [-0.39, 0.29) is 15.1 Å². The molecule has 1 aromatic carbocycles. The van der Waals surface area contributed by atoms with Crippen molar-refractivity contribution in [2.45, 2.75) is 13.8 Å². The number of carbonyl (C=O) groups excluding carboxylic acids is 1. The highest BCUT2D eigenvalue weighted by atomic mass is 79.9. The number of hydrogen-bond acceptors (Lipinski definition) is 2. The van der Waals surface area contributed by atoms with Crippen LogP contribution >= 0.6 is 28.1 Å². The molecule has 0 aromatic heterocycles. The van der Waals surface area contributed by atoms with Crippen molar-refractivity contribution >= 4 is 44.7 Å². The van der Waals surface area contributed by atoms with Crippen molar-refractivity contribution in [2.75, 3.05) is 5.32 Å². The standard InChI is InChI=1S/C11H11BrF2N2OS/c1-11(2,9(15)18)10(17)16-8-3-5(12)6(13)4-7(8)14/h3-4H,1-2H3,(H2,15,18)(H,16,17). The predicted molar refractivity (Wildman–Crippen MR) is 73.3 cm³/mol. The Bertz CT molecular complexity index is 520. The Morgan fingerprint density at radius 2 is 1.94 bits per heavy atom. The van der Waals surface area contributed by atoms with E-state index in [1.807, 2.05) is 0 Å². The summed E-state index contributed by atoms with van der Waals surface area (Å²) >= 11 is 7.66. The van der Waals surface area contributed by atoms with Gasteiger partial charge in [0.15, 0.2) is 0 Å². The molecule has 98 valence electrons. The maximum absolute atomic E-state index is 13.4. The van der Waals surface area contributed by atoms with Crippen LogP contribution in [0.3, 0.4) is 0 Å². The first-order valence-corrected chi connectivity index (χ1v) is 6.12. The molecule has 0 atom stereocenters.